The van der Waals surface area contributed by atoms with Crippen molar-refractivity contribution in [2.24, 2.45) is 0 Å². The molecule has 3 rings (SSSR count). The molecule has 3 amide bonds. The van der Waals surface area contributed by atoms with Crippen LogP contribution in [-0.4, -0.2) is 58.8 Å². The molecule has 128 valence electrons. The number of amides is 3. The van der Waals surface area contributed by atoms with Gasteiger partial charge in [0.05, 0.1) is 18.9 Å². The fourth-order valence-corrected chi connectivity index (χ4v) is 3.87. The summed E-state index contributed by atoms with van der Waals surface area (Å²) in [6.07, 6.45) is 1.77. The van der Waals surface area contributed by atoms with Crippen molar-refractivity contribution in [3.05, 3.63) is 29.8 Å². The van der Waals surface area contributed by atoms with Crippen molar-refractivity contribution in [2.45, 2.75) is 25.3 Å². The number of aryl methyl sites for hydroxylation is 1. The third-order valence-corrected chi connectivity index (χ3v) is 5.29. The van der Waals surface area contributed by atoms with E-state index in [1.165, 1.54) is 4.90 Å². The number of likely N-dealkylation sites (tertiary alicyclic amines) is 1. The van der Waals surface area contributed by atoms with Gasteiger partial charge in [-0.25, -0.2) is 0 Å². The highest BCUT2D eigenvalue weighted by Crippen LogP contribution is 2.26. The first-order valence-corrected chi connectivity index (χ1v) is 8.96. The molecule has 0 spiro atoms. The molecule has 1 aromatic rings. The second kappa shape index (κ2) is 7.25. The number of ether oxygens (including phenoxy) is 1. The van der Waals surface area contributed by atoms with Crippen LogP contribution in [0.25, 0.3) is 0 Å². The Balaban J connectivity index is 1.51. The fourth-order valence-electron chi connectivity index (χ4n) is 3.10. The summed E-state index contributed by atoms with van der Waals surface area (Å²) in [6, 6.07) is 7.52. The number of carbonyl (C=O) groups excluding carboxylic acids is 3. The topological polar surface area (TPSA) is 66.9 Å². The van der Waals surface area contributed by atoms with Crippen molar-refractivity contribution in [3.8, 4) is 5.75 Å². The van der Waals surface area contributed by atoms with Gasteiger partial charge in [-0.2, -0.15) is 0 Å². The number of imide groups is 1. The maximum atomic E-state index is 12.4. The molecule has 2 aliphatic heterocycles. The van der Waals surface area contributed by atoms with E-state index in [9.17, 15) is 14.4 Å². The quantitative estimate of drug-likeness (QED) is 0.813. The Bertz CT molecular complexity index is 630. The van der Waals surface area contributed by atoms with Crippen LogP contribution in [0.4, 0.5) is 4.79 Å². The van der Waals surface area contributed by atoms with Crippen LogP contribution < -0.4 is 4.74 Å². The zero-order valence-corrected chi connectivity index (χ0v) is 14.4. The lowest BCUT2D eigenvalue weighted by Crippen LogP contribution is -2.41. The van der Waals surface area contributed by atoms with Crippen molar-refractivity contribution < 1.29 is 19.1 Å². The molecule has 0 saturated carbocycles. The van der Waals surface area contributed by atoms with E-state index < -0.39 is 0 Å². The summed E-state index contributed by atoms with van der Waals surface area (Å²) in [6.45, 7) is 1.06. The van der Waals surface area contributed by atoms with E-state index in [-0.39, 0.29) is 28.8 Å². The molecule has 1 aromatic carbocycles. The normalized spacial score (nSPS) is 20.8. The molecule has 7 heteroatoms. The molecular weight excluding hydrogens is 328 g/mol. The Morgan fingerprint density at radius 1 is 1.29 bits per heavy atom. The van der Waals surface area contributed by atoms with Crippen LogP contribution in [0.5, 0.6) is 5.75 Å². The molecular formula is C17H20N2O4S. The number of rotatable bonds is 5. The molecule has 2 aliphatic rings. The second-order valence-corrected chi connectivity index (χ2v) is 6.88. The van der Waals surface area contributed by atoms with Crippen molar-refractivity contribution in [3.63, 3.8) is 0 Å². The molecule has 0 radical (unpaired) electrons. The smallest absolute Gasteiger partial charge is 0.289 e. The molecule has 0 bridgehead atoms. The largest absolute Gasteiger partial charge is 0.497 e. The highest BCUT2D eigenvalue weighted by Gasteiger charge is 2.39. The Hall–Kier alpha value is -2.02. The molecule has 2 saturated heterocycles. The van der Waals surface area contributed by atoms with Gasteiger partial charge in [0.1, 0.15) is 5.75 Å². The highest BCUT2D eigenvalue weighted by molar-refractivity contribution is 8.14. The zero-order valence-electron chi connectivity index (χ0n) is 13.6. The molecule has 2 fully saturated rings. The van der Waals surface area contributed by atoms with Crippen LogP contribution in [-0.2, 0) is 16.0 Å². The Kier molecular flexibility index (Phi) is 5.08. The summed E-state index contributed by atoms with van der Waals surface area (Å²) < 4.78 is 5.12. The molecule has 24 heavy (non-hydrogen) atoms. The molecule has 1 atom stereocenters. The van der Waals surface area contributed by atoms with Crippen LogP contribution >= 0.6 is 11.8 Å². The SMILES string of the molecule is COc1ccc(CCC(=O)N2CC[C@@H](N3C(=O)CSC3=O)C2)cc1. The first-order valence-electron chi connectivity index (χ1n) is 7.98. The van der Waals surface area contributed by atoms with E-state index in [1.807, 2.05) is 24.3 Å². The van der Waals surface area contributed by atoms with Crippen LogP contribution in [0.1, 0.15) is 18.4 Å². The van der Waals surface area contributed by atoms with Gasteiger partial charge in [-0.3, -0.25) is 19.3 Å². The first kappa shape index (κ1) is 16.8. The van der Waals surface area contributed by atoms with E-state index >= 15 is 0 Å². The summed E-state index contributed by atoms with van der Waals surface area (Å²) >= 11 is 1.04. The zero-order chi connectivity index (χ0) is 17.1. The van der Waals surface area contributed by atoms with Gasteiger partial charge in [0, 0.05) is 19.5 Å². The lowest BCUT2D eigenvalue weighted by atomic mass is 10.1. The van der Waals surface area contributed by atoms with Crippen molar-refractivity contribution in [1.29, 1.82) is 0 Å². The Morgan fingerprint density at radius 2 is 2.04 bits per heavy atom. The molecule has 2 heterocycles. The van der Waals surface area contributed by atoms with Gasteiger partial charge in [0.15, 0.2) is 0 Å². The maximum Gasteiger partial charge on any atom is 0.289 e. The van der Waals surface area contributed by atoms with Crippen LogP contribution in [0.2, 0.25) is 0 Å². The van der Waals surface area contributed by atoms with Crippen molar-refractivity contribution >= 4 is 28.8 Å². The molecule has 6 nitrogen and oxygen atoms in total. The molecule has 0 aromatic heterocycles. The third-order valence-electron chi connectivity index (χ3n) is 4.45. The fraction of sp³-hybridized carbons (Fsp3) is 0.471. The monoisotopic (exact) mass is 348 g/mol. The first-order chi connectivity index (χ1) is 11.6. The van der Waals surface area contributed by atoms with Gasteiger partial charge in [-0.05, 0) is 30.5 Å². The van der Waals surface area contributed by atoms with E-state index in [4.69, 9.17) is 4.74 Å². The van der Waals surface area contributed by atoms with Gasteiger partial charge >= 0.3 is 0 Å². The van der Waals surface area contributed by atoms with E-state index in [1.54, 1.807) is 12.0 Å². The van der Waals surface area contributed by atoms with E-state index in [0.717, 1.165) is 23.1 Å². The standard InChI is InChI=1S/C17H20N2O4S/c1-23-14-5-2-12(3-6-14)4-7-15(20)18-9-8-13(10-18)19-16(21)11-24-17(19)22/h2-3,5-6,13H,4,7-11H2,1H3/t13-/m1/s1. The average Bonchev–Trinajstić information content (AvgIpc) is 3.20. The minimum atomic E-state index is -0.183. The Labute approximate surface area is 145 Å². The maximum absolute atomic E-state index is 12.4. The number of hydrogen-bond donors (Lipinski definition) is 0. The van der Waals surface area contributed by atoms with Gasteiger partial charge < -0.3 is 9.64 Å². The van der Waals surface area contributed by atoms with Gasteiger partial charge in [-0.1, -0.05) is 23.9 Å². The summed E-state index contributed by atoms with van der Waals surface area (Å²) in [5, 5.41) is -0.183. The lowest BCUT2D eigenvalue weighted by Gasteiger charge is -2.22. The number of thioether (sulfide) groups is 1. The minimum absolute atomic E-state index is 0.0695. The minimum Gasteiger partial charge on any atom is -0.497 e. The summed E-state index contributed by atoms with van der Waals surface area (Å²) in [5.41, 5.74) is 1.08. The number of carbonyl (C=O) groups is 3. The number of hydrogen-bond acceptors (Lipinski definition) is 5. The average molecular weight is 348 g/mol. The van der Waals surface area contributed by atoms with E-state index in [0.29, 0.717) is 32.4 Å². The number of nitrogens with zero attached hydrogens (tertiary/aromatic N) is 2. The highest BCUT2D eigenvalue weighted by atomic mass is 32.2. The number of benzene rings is 1. The Morgan fingerprint density at radius 3 is 2.67 bits per heavy atom. The van der Waals surface area contributed by atoms with Crippen LogP contribution in [0, 0.1) is 0 Å². The van der Waals surface area contributed by atoms with Gasteiger partial charge in [-0.15, -0.1) is 0 Å². The van der Waals surface area contributed by atoms with Gasteiger partial charge in [0.2, 0.25) is 11.8 Å². The molecule has 0 unspecified atom stereocenters. The summed E-state index contributed by atoms with van der Waals surface area (Å²) in [5.74, 6) is 0.952. The van der Waals surface area contributed by atoms with E-state index in [2.05, 4.69) is 0 Å². The van der Waals surface area contributed by atoms with Gasteiger partial charge in [0.25, 0.3) is 5.24 Å². The second-order valence-electron chi connectivity index (χ2n) is 5.95. The summed E-state index contributed by atoms with van der Waals surface area (Å²) in [4.78, 5) is 39.0. The molecule has 0 aliphatic carbocycles. The number of methoxy groups -OCH3 is 1. The predicted molar refractivity (Wildman–Crippen MR) is 91.0 cm³/mol. The van der Waals surface area contributed by atoms with Crippen LogP contribution in [0.3, 0.4) is 0 Å². The van der Waals surface area contributed by atoms with Crippen molar-refractivity contribution in [1.82, 2.24) is 9.80 Å². The van der Waals surface area contributed by atoms with Crippen molar-refractivity contribution in [2.75, 3.05) is 26.0 Å². The third kappa shape index (κ3) is 3.56. The predicted octanol–water partition coefficient (Wildman–Crippen LogP) is 1.92. The lowest BCUT2D eigenvalue weighted by molar-refractivity contribution is -0.131. The summed E-state index contributed by atoms with van der Waals surface area (Å²) in [7, 11) is 1.62. The van der Waals surface area contributed by atoms with Crippen LogP contribution in [0.15, 0.2) is 24.3 Å². The molecule has 0 N–H and O–H groups in total.